The molecule has 0 aliphatic rings. The first-order chi connectivity index (χ1) is 8.68. The summed E-state index contributed by atoms with van der Waals surface area (Å²) in [6.07, 6.45) is 0. The van der Waals surface area contributed by atoms with Crippen LogP contribution in [0, 0.1) is 12.7 Å². The average Bonchev–Trinajstić information content (AvgIpc) is 2.40. The average molecular weight is 244 g/mol. The zero-order valence-electron chi connectivity index (χ0n) is 10.0. The topological polar surface area (TPSA) is 26.3 Å². The van der Waals surface area contributed by atoms with Crippen LogP contribution in [-0.4, -0.2) is 5.97 Å². The van der Waals surface area contributed by atoms with Crippen LogP contribution in [0.5, 0.6) is 0 Å². The van der Waals surface area contributed by atoms with Gasteiger partial charge in [0, 0.05) is 0 Å². The second-order valence-corrected chi connectivity index (χ2v) is 3.97. The largest absolute Gasteiger partial charge is 0.457 e. The minimum Gasteiger partial charge on any atom is -0.457 e. The Morgan fingerprint density at radius 1 is 1.11 bits per heavy atom. The first kappa shape index (κ1) is 12.3. The van der Waals surface area contributed by atoms with Gasteiger partial charge in [-0.2, -0.15) is 0 Å². The number of halogens is 1. The van der Waals surface area contributed by atoms with Crippen molar-refractivity contribution in [3.8, 4) is 0 Å². The highest BCUT2D eigenvalue weighted by molar-refractivity contribution is 5.91. The molecule has 2 aromatic carbocycles. The zero-order chi connectivity index (χ0) is 13.0. The molecule has 0 atom stereocenters. The van der Waals surface area contributed by atoms with Crippen molar-refractivity contribution in [3.63, 3.8) is 0 Å². The number of carbonyl (C=O) groups excluding carboxylic acids is 1. The number of hydrogen-bond donors (Lipinski definition) is 0. The van der Waals surface area contributed by atoms with E-state index in [1.54, 1.807) is 13.0 Å². The SMILES string of the molecule is Cc1c(F)cccc1C(=O)OCc1ccccc1. The second kappa shape index (κ2) is 5.45. The summed E-state index contributed by atoms with van der Waals surface area (Å²) in [7, 11) is 0. The highest BCUT2D eigenvalue weighted by Crippen LogP contribution is 2.14. The normalized spacial score (nSPS) is 10.1. The smallest absolute Gasteiger partial charge is 0.338 e. The summed E-state index contributed by atoms with van der Waals surface area (Å²) in [5, 5.41) is 0. The van der Waals surface area contributed by atoms with Crippen molar-refractivity contribution < 1.29 is 13.9 Å². The van der Waals surface area contributed by atoms with Gasteiger partial charge in [-0.25, -0.2) is 9.18 Å². The molecule has 3 heteroatoms. The third kappa shape index (κ3) is 2.74. The highest BCUT2D eigenvalue weighted by Gasteiger charge is 2.12. The van der Waals surface area contributed by atoms with E-state index < -0.39 is 11.8 Å². The number of hydrogen-bond acceptors (Lipinski definition) is 2. The van der Waals surface area contributed by atoms with Crippen LogP contribution in [0.3, 0.4) is 0 Å². The van der Waals surface area contributed by atoms with E-state index >= 15 is 0 Å². The molecule has 92 valence electrons. The lowest BCUT2D eigenvalue weighted by atomic mass is 10.1. The van der Waals surface area contributed by atoms with Crippen LogP contribution >= 0.6 is 0 Å². The lowest BCUT2D eigenvalue weighted by Gasteiger charge is -2.07. The van der Waals surface area contributed by atoms with Crippen molar-refractivity contribution in [2.45, 2.75) is 13.5 Å². The molecule has 18 heavy (non-hydrogen) atoms. The lowest BCUT2D eigenvalue weighted by Crippen LogP contribution is -2.08. The lowest BCUT2D eigenvalue weighted by molar-refractivity contribution is 0.0471. The Morgan fingerprint density at radius 3 is 2.56 bits per heavy atom. The molecular formula is C15H13FO2. The number of benzene rings is 2. The Balaban J connectivity index is 2.07. The Kier molecular flexibility index (Phi) is 3.72. The molecule has 2 rings (SSSR count). The predicted octanol–water partition coefficient (Wildman–Crippen LogP) is 3.49. The minimum absolute atomic E-state index is 0.190. The van der Waals surface area contributed by atoms with Crippen LogP contribution in [0.2, 0.25) is 0 Å². The standard InChI is InChI=1S/C15H13FO2/c1-11-13(8-5-9-14(11)16)15(17)18-10-12-6-3-2-4-7-12/h2-9H,10H2,1H3. The maximum Gasteiger partial charge on any atom is 0.338 e. The predicted molar refractivity (Wildman–Crippen MR) is 66.7 cm³/mol. The van der Waals surface area contributed by atoms with Gasteiger partial charge in [-0.05, 0) is 30.2 Å². The molecule has 0 bridgehead atoms. The Labute approximate surface area is 105 Å². The fraction of sp³-hybridized carbons (Fsp3) is 0.133. The van der Waals surface area contributed by atoms with Gasteiger partial charge in [0.15, 0.2) is 0 Å². The van der Waals surface area contributed by atoms with E-state index in [1.165, 1.54) is 12.1 Å². The maximum atomic E-state index is 13.3. The van der Waals surface area contributed by atoms with Gasteiger partial charge in [-0.15, -0.1) is 0 Å². The molecule has 0 aliphatic carbocycles. The van der Waals surface area contributed by atoms with Gasteiger partial charge >= 0.3 is 5.97 Å². The first-order valence-electron chi connectivity index (χ1n) is 5.64. The molecule has 0 amide bonds. The zero-order valence-corrected chi connectivity index (χ0v) is 10.0. The molecule has 2 nitrogen and oxygen atoms in total. The summed E-state index contributed by atoms with van der Waals surface area (Å²) < 4.78 is 18.4. The maximum absolute atomic E-state index is 13.3. The van der Waals surface area contributed by atoms with E-state index in [0.29, 0.717) is 5.56 Å². The fourth-order valence-electron chi connectivity index (χ4n) is 1.63. The van der Waals surface area contributed by atoms with Gasteiger partial charge in [-0.3, -0.25) is 0 Å². The van der Waals surface area contributed by atoms with Crippen LogP contribution in [-0.2, 0) is 11.3 Å². The Bertz CT molecular complexity index is 550. The third-order valence-corrected chi connectivity index (χ3v) is 2.70. The van der Waals surface area contributed by atoms with Gasteiger partial charge < -0.3 is 4.74 Å². The van der Waals surface area contributed by atoms with Crippen molar-refractivity contribution in [2.24, 2.45) is 0 Å². The van der Waals surface area contributed by atoms with Crippen molar-refractivity contribution in [1.29, 1.82) is 0 Å². The van der Waals surface area contributed by atoms with Crippen LogP contribution in [0.25, 0.3) is 0 Å². The third-order valence-electron chi connectivity index (χ3n) is 2.70. The van der Waals surface area contributed by atoms with Gasteiger partial charge in [0.1, 0.15) is 12.4 Å². The molecule has 2 aromatic rings. The monoisotopic (exact) mass is 244 g/mol. The molecule has 0 N–H and O–H groups in total. The van der Waals surface area contributed by atoms with E-state index in [0.717, 1.165) is 5.56 Å². The molecular weight excluding hydrogens is 231 g/mol. The number of esters is 1. The number of carbonyl (C=O) groups is 1. The molecule has 0 saturated carbocycles. The molecule has 0 aliphatic heterocycles. The van der Waals surface area contributed by atoms with Crippen LogP contribution < -0.4 is 0 Å². The van der Waals surface area contributed by atoms with Gasteiger partial charge in [0.2, 0.25) is 0 Å². The van der Waals surface area contributed by atoms with Crippen molar-refractivity contribution in [2.75, 3.05) is 0 Å². The van der Waals surface area contributed by atoms with Crippen LogP contribution in [0.4, 0.5) is 4.39 Å². The van der Waals surface area contributed by atoms with Crippen LogP contribution in [0.15, 0.2) is 48.5 Å². The summed E-state index contributed by atoms with van der Waals surface area (Å²) in [6.45, 7) is 1.75. The highest BCUT2D eigenvalue weighted by atomic mass is 19.1. The van der Waals surface area contributed by atoms with E-state index in [2.05, 4.69) is 0 Å². The van der Waals surface area contributed by atoms with E-state index in [1.807, 2.05) is 30.3 Å². The molecule has 0 spiro atoms. The number of ether oxygens (including phenoxy) is 1. The van der Waals surface area contributed by atoms with Gasteiger partial charge in [0.05, 0.1) is 5.56 Å². The molecule has 0 heterocycles. The Morgan fingerprint density at radius 2 is 1.83 bits per heavy atom. The van der Waals surface area contributed by atoms with E-state index in [-0.39, 0.29) is 12.2 Å². The summed E-state index contributed by atoms with van der Waals surface area (Å²) in [5.74, 6) is -0.903. The molecule has 0 saturated heterocycles. The fourth-order valence-corrected chi connectivity index (χ4v) is 1.63. The van der Waals surface area contributed by atoms with Crippen molar-refractivity contribution >= 4 is 5.97 Å². The van der Waals surface area contributed by atoms with Crippen molar-refractivity contribution in [1.82, 2.24) is 0 Å². The summed E-state index contributed by atoms with van der Waals surface area (Å²) in [6, 6.07) is 13.8. The molecule has 0 fully saturated rings. The molecule has 0 unspecified atom stereocenters. The van der Waals surface area contributed by atoms with Gasteiger partial charge in [0.25, 0.3) is 0 Å². The summed E-state index contributed by atoms with van der Waals surface area (Å²) >= 11 is 0. The summed E-state index contributed by atoms with van der Waals surface area (Å²) in [5.41, 5.74) is 1.49. The molecule has 0 aromatic heterocycles. The quantitative estimate of drug-likeness (QED) is 0.772. The molecule has 0 radical (unpaired) electrons. The minimum atomic E-state index is -0.504. The summed E-state index contributed by atoms with van der Waals surface area (Å²) in [4.78, 5) is 11.8. The van der Waals surface area contributed by atoms with E-state index in [4.69, 9.17) is 4.74 Å². The van der Waals surface area contributed by atoms with Crippen LogP contribution in [0.1, 0.15) is 21.5 Å². The van der Waals surface area contributed by atoms with E-state index in [9.17, 15) is 9.18 Å². The van der Waals surface area contributed by atoms with Gasteiger partial charge in [-0.1, -0.05) is 36.4 Å². The van der Waals surface area contributed by atoms with Crippen molar-refractivity contribution in [3.05, 3.63) is 71.0 Å². The number of rotatable bonds is 3. The Hall–Kier alpha value is -2.16. The first-order valence-corrected chi connectivity index (χ1v) is 5.64. The second-order valence-electron chi connectivity index (χ2n) is 3.97.